The summed E-state index contributed by atoms with van der Waals surface area (Å²) in [6.45, 7) is 6.36. The molecule has 0 aliphatic heterocycles. The minimum Gasteiger partial charge on any atom is -0.481 e. The molecular formula is C30H58O7S. The molecule has 0 amide bonds. The van der Waals surface area contributed by atoms with Gasteiger partial charge >= 0.3 is 11.9 Å². The van der Waals surface area contributed by atoms with Crippen molar-refractivity contribution >= 4 is 22.1 Å². The highest BCUT2D eigenvalue weighted by Gasteiger charge is 2.67. The molecule has 0 aromatic rings. The average Bonchev–Trinajstić information content (AvgIpc) is 2.85. The minimum absolute atomic E-state index is 0.0630. The number of aliphatic carboxylic acids is 2. The van der Waals surface area contributed by atoms with E-state index in [0.717, 1.165) is 83.5 Å². The van der Waals surface area contributed by atoms with Crippen molar-refractivity contribution in [2.45, 2.75) is 173 Å². The highest BCUT2D eigenvalue weighted by atomic mass is 32.2. The third-order valence-electron chi connectivity index (χ3n) is 8.26. The second-order valence-electron chi connectivity index (χ2n) is 11.3. The zero-order valence-corrected chi connectivity index (χ0v) is 25.5. The Balaban J connectivity index is 5.94. The van der Waals surface area contributed by atoms with E-state index in [-0.39, 0.29) is 25.7 Å². The molecule has 0 bridgehead atoms. The fraction of sp³-hybridized carbons (Fsp3) is 0.933. The molecule has 0 saturated heterocycles. The van der Waals surface area contributed by atoms with Crippen LogP contribution in [0.5, 0.6) is 0 Å². The quantitative estimate of drug-likeness (QED) is 0.0673. The van der Waals surface area contributed by atoms with Gasteiger partial charge in [-0.2, -0.15) is 8.42 Å². The Hall–Kier alpha value is -1.15. The fourth-order valence-electron chi connectivity index (χ4n) is 5.87. The Kier molecular flexibility index (Phi) is 20.1. The van der Waals surface area contributed by atoms with Crippen LogP contribution in [-0.2, 0) is 19.7 Å². The highest BCUT2D eigenvalue weighted by molar-refractivity contribution is 7.88. The van der Waals surface area contributed by atoms with Crippen molar-refractivity contribution in [1.29, 1.82) is 0 Å². The van der Waals surface area contributed by atoms with Crippen molar-refractivity contribution in [2.24, 2.45) is 5.41 Å². The fourth-order valence-corrected chi connectivity index (χ4v) is 7.28. The van der Waals surface area contributed by atoms with Crippen LogP contribution < -0.4 is 0 Å². The number of carbonyl (C=O) groups is 2. The summed E-state index contributed by atoms with van der Waals surface area (Å²) in [6, 6.07) is 0. The third kappa shape index (κ3) is 11.9. The molecule has 3 N–H and O–H groups in total. The zero-order valence-electron chi connectivity index (χ0n) is 24.6. The molecule has 0 aliphatic carbocycles. The van der Waals surface area contributed by atoms with Gasteiger partial charge in [-0.25, -0.2) is 0 Å². The van der Waals surface area contributed by atoms with Crippen LogP contribution in [0.15, 0.2) is 0 Å². The molecule has 0 spiro atoms. The molecule has 0 aromatic carbocycles. The van der Waals surface area contributed by atoms with Crippen LogP contribution >= 0.6 is 0 Å². The molecule has 0 rings (SSSR count). The van der Waals surface area contributed by atoms with Crippen LogP contribution in [0.25, 0.3) is 0 Å². The smallest absolute Gasteiger partial charge is 0.328 e. The van der Waals surface area contributed by atoms with Crippen LogP contribution in [0.4, 0.5) is 0 Å². The number of rotatable bonds is 27. The number of hydrogen-bond donors (Lipinski definition) is 3. The van der Waals surface area contributed by atoms with Gasteiger partial charge in [0.15, 0.2) is 0 Å². The van der Waals surface area contributed by atoms with Crippen LogP contribution in [0.2, 0.25) is 0 Å². The minimum atomic E-state index is -5.22. The first kappa shape index (κ1) is 36.8. The van der Waals surface area contributed by atoms with E-state index < -0.39 is 32.2 Å². The van der Waals surface area contributed by atoms with Gasteiger partial charge in [-0.3, -0.25) is 14.1 Å². The molecule has 0 radical (unpaired) electrons. The molecule has 8 heteroatoms. The first-order chi connectivity index (χ1) is 18.1. The molecule has 0 aromatic heterocycles. The van der Waals surface area contributed by atoms with Crippen molar-refractivity contribution in [2.75, 3.05) is 0 Å². The van der Waals surface area contributed by atoms with Crippen LogP contribution in [-0.4, -0.2) is 39.9 Å². The van der Waals surface area contributed by atoms with Crippen molar-refractivity contribution < 1.29 is 32.8 Å². The number of carboxylic acid groups (broad SMARTS) is 2. The molecule has 226 valence electrons. The summed E-state index contributed by atoms with van der Waals surface area (Å²) < 4.78 is 33.6. The maximum absolute atomic E-state index is 12.9. The Bertz CT molecular complexity index is 719. The van der Waals surface area contributed by atoms with Crippen LogP contribution in [0.1, 0.15) is 168 Å². The zero-order chi connectivity index (χ0) is 28.9. The van der Waals surface area contributed by atoms with Gasteiger partial charge in [-0.15, -0.1) is 0 Å². The Morgan fingerprint density at radius 1 is 0.500 bits per heavy atom. The second-order valence-corrected chi connectivity index (χ2v) is 12.9. The molecule has 0 heterocycles. The van der Waals surface area contributed by atoms with Crippen molar-refractivity contribution in [3.8, 4) is 0 Å². The average molecular weight is 563 g/mol. The van der Waals surface area contributed by atoms with E-state index in [1.807, 2.05) is 0 Å². The maximum atomic E-state index is 12.9. The number of carboxylic acids is 2. The maximum Gasteiger partial charge on any atom is 0.328 e. The summed E-state index contributed by atoms with van der Waals surface area (Å²) in [5.41, 5.74) is -2.07. The summed E-state index contributed by atoms with van der Waals surface area (Å²) in [6.07, 6.45) is 17.1. The van der Waals surface area contributed by atoms with Gasteiger partial charge in [0, 0.05) is 0 Å². The molecule has 0 saturated carbocycles. The van der Waals surface area contributed by atoms with Gasteiger partial charge in [-0.1, -0.05) is 149 Å². The predicted octanol–water partition coefficient (Wildman–Crippen LogP) is 8.80. The van der Waals surface area contributed by atoms with Gasteiger partial charge < -0.3 is 10.2 Å². The van der Waals surface area contributed by atoms with E-state index in [9.17, 15) is 32.8 Å². The molecule has 1 atom stereocenters. The van der Waals surface area contributed by atoms with Crippen LogP contribution in [0.3, 0.4) is 0 Å². The van der Waals surface area contributed by atoms with Gasteiger partial charge in [-0.05, 0) is 19.3 Å². The summed E-state index contributed by atoms with van der Waals surface area (Å²) in [5, 5.41) is 20.9. The van der Waals surface area contributed by atoms with Gasteiger partial charge in [0.25, 0.3) is 10.1 Å². The summed E-state index contributed by atoms with van der Waals surface area (Å²) in [5.74, 6) is -3.15. The first-order valence-corrected chi connectivity index (χ1v) is 16.9. The largest absolute Gasteiger partial charge is 0.481 e. The standard InChI is InChI=1S/C30H58O7S/c1-4-7-10-13-16-17-20-23-26-30(28(33)34,38(35,36)37)29(27(31)32,24-21-18-14-11-8-5-2)25-22-19-15-12-9-6-3/h4-26H2,1-3H3,(H,31,32)(H,33,34)(H,35,36,37). The first-order valence-electron chi connectivity index (χ1n) is 15.5. The van der Waals surface area contributed by atoms with E-state index in [2.05, 4.69) is 20.8 Å². The lowest BCUT2D eigenvalue weighted by atomic mass is 9.65. The Morgan fingerprint density at radius 2 is 0.789 bits per heavy atom. The van der Waals surface area contributed by atoms with Gasteiger partial charge in [0.2, 0.25) is 4.75 Å². The summed E-state index contributed by atoms with van der Waals surface area (Å²) >= 11 is 0. The Morgan fingerprint density at radius 3 is 1.05 bits per heavy atom. The summed E-state index contributed by atoms with van der Waals surface area (Å²) in [4.78, 5) is 25.8. The molecule has 1 unspecified atom stereocenters. The lowest BCUT2D eigenvalue weighted by molar-refractivity contribution is -0.162. The van der Waals surface area contributed by atoms with E-state index in [1.165, 1.54) is 6.42 Å². The molecular weight excluding hydrogens is 504 g/mol. The van der Waals surface area contributed by atoms with Gasteiger partial charge in [0.1, 0.15) is 5.41 Å². The lowest BCUT2D eigenvalue weighted by Gasteiger charge is -2.43. The molecule has 7 nitrogen and oxygen atoms in total. The lowest BCUT2D eigenvalue weighted by Crippen LogP contribution is -2.62. The predicted molar refractivity (Wildman–Crippen MR) is 155 cm³/mol. The molecule has 0 fully saturated rings. The molecule has 0 aliphatic rings. The highest BCUT2D eigenvalue weighted by Crippen LogP contribution is 2.50. The van der Waals surface area contributed by atoms with Gasteiger partial charge in [0.05, 0.1) is 0 Å². The van der Waals surface area contributed by atoms with E-state index in [1.54, 1.807) is 0 Å². The van der Waals surface area contributed by atoms with Crippen molar-refractivity contribution in [3.05, 3.63) is 0 Å². The SMILES string of the molecule is CCCCCCCCCCC(C(=O)O)(C(CCCCCCCC)(CCCCCCCC)C(=O)O)S(=O)(=O)O. The van der Waals surface area contributed by atoms with E-state index in [4.69, 9.17) is 0 Å². The number of unbranched alkanes of at least 4 members (excludes halogenated alkanes) is 17. The topological polar surface area (TPSA) is 129 Å². The second kappa shape index (κ2) is 20.7. The third-order valence-corrected chi connectivity index (χ3v) is 9.92. The summed E-state index contributed by atoms with van der Waals surface area (Å²) in [7, 11) is -5.22. The monoisotopic (exact) mass is 562 g/mol. The van der Waals surface area contributed by atoms with E-state index >= 15 is 0 Å². The normalized spacial score (nSPS) is 13.9. The van der Waals surface area contributed by atoms with Crippen molar-refractivity contribution in [1.82, 2.24) is 0 Å². The molecule has 38 heavy (non-hydrogen) atoms. The number of hydrogen-bond acceptors (Lipinski definition) is 4. The van der Waals surface area contributed by atoms with Crippen LogP contribution in [0, 0.1) is 5.41 Å². The Labute approximate surface area is 233 Å². The van der Waals surface area contributed by atoms with E-state index in [0.29, 0.717) is 32.1 Å². The van der Waals surface area contributed by atoms with Crippen molar-refractivity contribution in [3.63, 3.8) is 0 Å².